The molecule has 15 heavy (non-hydrogen) atoms. The third kappa shape index (κ3) is 1420. The molecule has 0 aromatic heterocycles. The van der Waals surface area contributed by atoms with Gasteiger partial charge in [-0.15, -0.1) is 0 Å². The van der Waals surface area contributed by atoms with Gasteiger partial charge in [0.1, 0.15) is 0 Å². The van der Waals surface area contributed by atoms with E-state index in [1.807, 2.05) is 6.92 Å². The fourth-order valence-electron chi connectivity index (χ4n) is 0. The summed E-state index contributed by atoms with van der Waals surface area (Å²) >= 11 is 2.68. The predicted molar refractivity (Wildman–Crippen MR) is 37.3 cm³/mol. The van der Waals surface area contributed by atoms with Crippen LogP contribution in [0.5, 0.6) is 0 Å². The zero-order valence-corrected chi connectivity index (χ0v) is 9.13. The van der Waals surface area contributed by atoms with E-state index in [-0.39, 0.29) is 0 Å². The van der Waals surface area contributed by atoms with E-state index in [2.05, 4.69) is 53.8 Å². The molecule has 0 rings (SSSR count). The van der Waals surface area contributed by atoms with Crippen LogP contribution in [-0.4, -0.2) is 11.7 Å². The van der Waals surface area contributed by atoms with Crippen LogP contribution in [0.2, 0.25) is 0 Å². The van der Waals surface area contributed by atoms with Gasteiger partial charge in [-0.25, -0.2) is 0 Å². The van der Waals surface area contributed by atoms with Gasteiger partial charge in [0.2, 0.25) is 0 Å². The van der Waals surface area contributed by atoms with Gasteiger partial charge in [-0.3, -0.25) is 0 Å². The van der Waals surface area contributed by atoms with Crippen LogP contribution in [0.3, 0.4) is 0 Å². The second kappa shape index (κ2) is 203. The van der Waals surface area contributed by atoms with Crippen LogP contribution >= 0.6 is 0 Å². The van der Waals surface area contributed by atoms with Crippen LogP contribution < -0.4 is 0 Å². The summed E-state index contributed by atoms with van der Waals surface area (Å²) in [6.07, 6.45) is 0. The molecule has 7 heteroatoms. The first-order valence-corrected chi connectivity index (χ1v) is 2.97. The van der Waals surface area contributed by atoms with Crippen LogP contribution in [0.25, 0.3) is 0 Å². The Balaban J connectivity index is -0.0000000177. The molecule has 0 heterocycles. The second-order valence-corrected chi connectivity index (χ2v) is 1.59. The Morgan fingerprint density at radius 3 is 0.867 bits per heavy atom. The van der Waals surface area contributed by atoms with E-state index in [0.717, 1.165) is 4.57 Å². The first-order chi connectivity index (χ1) is 7.27. The first kappa shape index (κ1) is 36.9. The maximum absolute atomic E-state index is 7.50. The normalized spacial score (nSPS) is 3.20. The molecule has 0 aliphatic heterocycles. The average Bonchev–Trinajstić information content (AvgIpc) is 2.41. The summed E-state index contributed by atoms with van der Waals surface area (Å²) in [5, 5.41) is 0. The topological polar surface area (TPSA) is 109 Å². The summed E-state index contributed by atoms with van der Waals surface area (Å²) in [5.41, 5.74) is 0. The van der Waals surface area contributed by atoms with Crippen molar-refractivity contribution < 1.29 is 43.8 Å². The molecule has 0 spiro atoms. The molecule has 0 radical (unpaired) electrons. The van der Waals surface area contributed by atoms with Gasteiger partial charge in [0.25, 0.3) is 0 Å². The number of rotatable bonds is 1. The molecule has 0 bridgehead atoms. The van der Waals surface area contributed by atoms with Crippen molar-refractivity contribution in [2.45, 2.75) is 6.92 Å². The molecule has 6 nitrogen and oxygen atoms in total. The zero-order chi connectivity index (χ0) is 14.3. The summed E-state index contributed by atoms with van der Waals surface area (Å²) in [5.74, 6) is 0. The van der Waals surface area contributed by atoms with Gasteiger partial charge < -0.3 is 0 Å². The van der Waals surface area contributed by atoms with Crippen LogP contribution in [-0.2, 0) is 43.8 Å². The fourth-order valence-corrected chi connectivity index (χ4v) is 0. The van der Waals surface area contributed by atoms with Gasteiger partial charge in [0, 0.05) is 0 Å². The SMILES string of the molecule is CO[13C](C)=[Cr].[13C-]#[O+].[13C-]#[O+].[13C-]#[O+].[13C-]#[O+].[13C-]#[O+]. The Labute approximate surface area is 96.2 Å². The molecular formula is C8H6CrO6. The Hall–Kier alpha value is -0.938. The van der Waals surface area contributed by atoms with E-state index in [0.29, 0.717) is 0 Å². The fraction of sp³-hybridized carbons (Fsp3) is 0.250. The Morgan fingerprint density at radius 1 is 0.800 bits per heavy atom. The minimum absolute atomic E-state index is 0.880. The summed E-state index contributed by atoms with van der Waals surface area (Å²) in [6.45, 7) is 24.4. The van der Waals surface area contributed by atoms with Gasteiger partial charge in [0.05, 0.1) is 0 Å². The molecule has 80 valence electrons. The quantitative estimate of drug-likeness (QED) is 0.371. The molecule has 0 unspecified atom stereocenters. The number of methoxy groups -OCH3 is 1. The van der Waals surface area contributed by atoms with Gasteiger partial charge in [0.15, 0.2) is 0 Å². The predicted octanol–water partition coefficient (Wildman–Crippen LogP) is 0.142. The van der Waals surface area contributed by atoms with Crippen molar-refractivity contribution in [3.63, 3.8) is 0 Å². The van der Waals surface area contributed by atoms with E-state index in [4.69, 9.17) is 23.3 Å². The standard InChI is InChI=1S/C3H6O.5CO.Cr/c1-3-4-2;5*1-2;/h1-2H3;;;;;;/i3+1;5*1+1;. The Morgan fingerprint density at radius 2 is 0.867 bits per heavy atom. The van der Waals surface area contributed by atoms with E-state index < -0.39 is 0 Å². The van der Waals surface area contributed by atoms with Crippen LogP contribution in [0, 0.1) is 33.3 Å². The molecule has 0 fully saturated rings. The second-order valence-electron chi connectivity index (χ2n) is 0.696. The van der Waals surface area contributed by atoms with Crippen molar-refractivity contribution >= 4 is 4.57 Å². The summed E-state index contributed by atoms with van der Waals surface area (Å²) in [7, 11) is 1.63. The molecular weight excluding hydrogens is 250 g/mol. The maximum atomic E-state index is 7.50. The van der Waals surface area contributed by atoms with Crippen molar-refractivity contribution in [1.29, 1.82) is 0 Å². The van der Waals surface area contributed by atoms with E-state index in [9.17, 15) is 0 Å². The molecule has 0 aliphatic carbocycles. The molecule has 0 saturated heterocycles. The van der Waals surface area contributed by atoms with Crippen molar-refractivity contribution in [2.24, 2.45) is 0 Å². The Kier molecular flexibility index (Phi) is 499. The number of hydrogen-bond donors (Lipinski definition) is 0. The molecule has 0 aromatic rings. The average molecular weight is 256 g/mol. The van der Waals surface area contributed by atoms with Crippen molar-refractivity contribution in [3.05, 3.63) is 33.3 Å². The number of ether oxygens (including phenoxy) is 1. The van der Waals surface area contributed by atoms with E-state index in [1.165, 1.54) is 0 Å². The van der Waals surface area contributed by atoms with E-state index in [1.54, 1.807) is 7.11 Å². The van der Waals surface area contributed by atoms with Crippen LogP contribution in [0.1, 0.15) is 6.92 Å². The van der Waals surface area contributed by atoms with Gasteiger partial charge in [-0.05, 0) is 0 Å². The monoisotopic (exact) mass is 256 g/mol. The molecule has 0 N–H and O–H groups in total. The Bertz CT molecular complexity index is 153. The molecule has 0 atom stereocenters. The molecule has 0 aromatic carbocycles. The van der Waals surface area contributed by atoms with Gasteiger partial charge >= 0.3 is 95.7 Å². The van der Waals surface area contributed by atoms with Gasteiger partial charge in [-0.1, -0.05) is 0 Å². The minimum atomic E-state index is 0.880. The van der Waals surface area contributed by atoms with Crippen molar-refractivity contribution in [2.75, 3.05) is 7.11 Å². The van der Waals surface area contributed by atoms with Gasteiger partial charge in [-0.2, -0.15) is 0 Å². The zero-order valence-electron chi connectivity index (χ0n) is 7.86. The molecule has 0 amide bonds. The van der Waals surface area contributed by atoms with E-state index >= 15 is 0 Å². The van der Waals surface area contributed by atoms with Crippen LogP contribution in [0.4, 0.5) is 0 Å². The first-order valence-electron chi connectivity index (χ1n) is 2.34. The molecule has 0 saturated carbocycles. The summed E-state index contributed by atoms with van der Waals surface area (Å²) in [6, 6.07) is 0. The summed E-state index contributed by atoms with van der Waals surface area (Å²) < 4.78 is 43.0. The third-order valence-corrected chi connectivity index (χ3v) is 0.548. The number of hydrogen-bond acceptors (Lipinski definition) is 1. The molecule has 0 aliphatic rings. The third-order valence-electron chi connectivity index (χ3n) is 0.287. The van der Waals surface area contributed by atoms with Crippen molar-refractivity contribution in [1.82, 2.24) is 0 Å². The summed E-state index contributed by atoms with van der Waals surface area (Å²) in [4.78, 5) is 0. The van der Waals surface area contributed by atoms with Crippen molar-refractivity contribution in [3.8, 4) is 0 Å². The van der Waals surface area contributed by atoms with Crippen LogP contribution in [0.15, 0.2) is 0 Å².